The number of nitrogens with one attached hydrogen (secondary N) is 1. The number of piperazine rings is 1. The number of sulfonamides is 1. The molecule has 2 aromatic carbocycles. The van der Waals surface area contributed by atoms with Crippen molar-refractivity contribution in [2.24, 2.45) is 0 Å². The minimum atomic E-state index is -3.49. The first kappa shape index (κ1) is 19.8. The molecule has 0 radical (unpaired) electrons. The highest BCUT2D eigenvalue weighted by Crippen LogP contribution is 2.22. The van der Waals surface area contributed by atoms with E-state index in [1.165, 1.54) is 0 Å². The molecule has 1 fully saturated rings. The average Bonchev–Trinajstić information content (AvgIpc) is 2.63. The summed E-state index contributed by atoms with van der Waals surface area (Å²) < 4.78 is 27.6. The number of thiocarbonyl (C=S) groups is 1. The van der Waals surface area contributed by atoms with E-state index >= 15 is 0 Å². The monoisotopic (exact) mass is 403 g/mol. The van der Waals surface area contributed by atoms with Gasteiger partial charge in [-0.3, -0.25) is 0 Å². The molecule has 1 aliphatic heterocycles. The van der Waals surface area contributed by atoms with Crippen LogP contribution in [0.4, 0.5) is 5.69 Å². The van der Waals surface area contributed by atoms with Gasteiger partial charge < -0.3 is 10.2 Å². The average molecular weight is 404 g/mol. The Hall–Kier alpha value is -1.96. The Morgan fingerprint density at radius 1 is 0.963 bits per heavy atom. The molecule has 3 rings (SSSR count). The van der Waals surface area contributed by atoms with Gasteiger partial charge in [-0.1, -0.05) is 24.3 Å². The summed E-state index contributed by atoms with van der Waals surface area (Å²) in [4.78, 5) is 2.42. The highest BCUT2D eigenvalue weighted by Gasteiger charge is 2.30. The van der Waals surface area contributed by atoms with Crippen LogP contribution in [0.15, 0.2) is 47.4 Å². The van der Waals surface area contributed by atoms with Crippen molar-refractivity contribution in [1.29, 1.82) is 0 Å². The zero-order chi connectivity index (χ0) is 19.6. The van der Waals surface area contributed by atoms with E-state index in [-0.39, 0.29) is 0 Å². The summed E-state index contributed by atoms with van der Waals surface area (Å²) in [6, 6.07) is 13.6. The maximum atomic E-state index is 13.0. The summed E-state index contributed by atoms with van der Waals surface area (Å²) >= 11 is 5.51. The minimum absolute atomic E-state index is 0.399. The molecule has 1 saturated heterocycles. The number of benzene rings is 2. The van der Waals surface area contributed by atoms with Crippen LogP contribution >= 0.6 is 12.2 Å². The van der Waals surface area contributed by atoms with Gasteiger partial charge in [-0.15, -0.1) is 0 Å². The summed E-state index contributed by atoms with van der Waals surface area (Å²) in [6.45, 7) is 7.76. The normalized spacial score (nSPS) is 15.6. The van der Waals surface area contributed by atoms with Gasteiger partial charge in [0.25, 0.3) is 0 Å². The Morgan fingerprint density at radius 2 is 1.63 bits per heavy atom. The number of rotatable bonds is 3. The van der Waals surface area contributed by atoms with Crippen molar-refractivity contribution < 1.29 is 8.42 Å². The Balaban J connectivity index is 1.66. The smallest absolute Gasteiger partial charge is 0.243 e. The lowest BCUT2D eigenvalue weighted by Crippen LogP contribution is -2.51. The predicted molar refractivity (Wildman–Crippen MR) is 114 cm³/mol. The van der Waals surface area contributed by atoms with Crippen molar-refractivity contribution >= 4 is 33.0 Å². The molecule has 0 aromatic heterocycles. The standard InChI is InChI=1S/C20H25N3O2S2/c1-15-5-4-6-18(13-15)21-20(26)22-9-11-23(12-10-22)27(24,25)19-14-16(2)7-8-17(19)3/h4-8,13-14H,9-12H2,1-3H3,(H,21,26). The summed E-state index contributed by atoms with van der Waals surface area (Å²) in [5, 5.41) is 3.87. The molecule has 0 atom stereocenters. The SMILES string of the molecule is Cc1cccc(NC(=S)N2CCN(S(=O)(=O)c3cc(C)ccc3C)CC2)c1. The quantitative estimate of drug-likeness (QED) is 0.797. The van der Waals surface area contributed by atoms with Crippen molar-refractivity contribution in [3.8, 4) is 0 Å². The second-order valence-corrected chi connectivity index (χ2v) is 9.25. The topological polar surface area (TPSA) is 52.6 Å². The van der Waals surface area contributed by atoms with E-state index in [2.05, 4.69) is 5.32 Å². The molecule has 1 N–H and O–H groups in total. The third-order valence-electron chi connectivity index (χ3n) is 4.76. The summed E-state index contributed by atoms with van der Waals surface area (Å²) in [7, 11) is -3.49. The number of aryl methyl sites for hydroxylation is 3. The van der Waals surface area contributed by atoms with Gasteiger partial charge in [-0.05, 0) is 67.9 Å². The molecular formula is C20H25N3O2S2. The fraction of sp³-hybridized carbons (Fsp3) is 0.350. The maximum Gasteiger partial charge on any atom is 0.243 e. The fourth-order valence-corrected chi connectivity index (χ4v) is 5.21. The first-order chi connectivity index (χ1) is 12.8. The third-order valence-corrected chi connectivity index (χ3v) is 7.16. The van der Waals surface area contributed by atoms with Gasteiger partial charge in [0, 0.05) is 31.9 Å². The number of nitrogens with zero attached hydrogens (tertiary/aromatic N) is 2. The second-order valence-electron chi connectivity index (χ2n) is 6.96. The maximum absolute atomic E-state index is 13.0. The Labute approximate surface area is 167 Å². The Bertz CT molecular complexity index is 949. The van der Waals surface area contributed by atoms with Gasteiger partial charge >= 0.3 is 0 Å². The Morgan fingerprint density at radius 3 is 2.30 bits per heavy atom. The zero-order valence-corrected chi connectivity index (χ0v) is 17.5. The van der Waals surface area contributed by atoms with Gasteiger partial charge in [0.2, 0.25) is 10.0 Å². The summed E-state index contributed by atoms with van der Waals surface area (Å²) in [6.07, 6.45) is 0. The first-order valence-corrected chi connectivity index (χ1v) is 10.8. The summed E-state index contributed by atoms with van der Waals surface area (Å²) in [5.74, 6) is 0. The molecular weight excluding hydrogens is 378 g/mol. The number of hydrogen-bond donors (Lipinski definition) is 1. The molecule has 0 saturated carbocycles. The first-order valence-electron chi connectivity index (χ1n) is 8.97. The van der Waals surface area contributed by atoms with Crippen LogP contribution in [-0.2, 0) is 10.0 Å². The molecule has 0 bridgehead atoms. The molecule has 5 nitrogen and oxygen atoms in total. The van der Waals surface area contributed by atoms with Gasteiger partial charge in [-0.25, -0.2) is 8.42 Å². The molecule has 2 aromatic rings. The molecule has 0 spiro atoms. The highest BCUT2D eigenvalue weighted by atomic mass is 32.2. The zero-order valence-electron chi connectivity index (χ0n) is 15.9. The molecule has 1 aliphatic rings. The third kappa shape index (κ3) is 4.48. The van der Waals surface area contributed by atoms with E-state index in [4.69, 9.17) is 12.2 Å². The van der Waals surface area contributed by atoms with Crippen LogP contribution in [0.3, 0.4) is 0 Å². The largest absolute Gasteiger partial charge is 0.346 e. The second kappa shape index (κ2) is 7.96. The van der Waals surface area contributed by atoms with Gasteiger partial charge in [0.05, 0.1) is 4.90 Å². The molecule has 0 amide bonds. The van der Waals surface area contributed by atoms with E-state index in [1.807, 2.05) is 62.1 Å². The van der Waals surface area contributed by atoms with E-state index < -0.39 is 10.0 Å². The number of hydrogen-bond acceptors (Lipinski definition) is 3. The lowest BCUT2D eigenvalue weighted by Gasteiger charge is -2.35. The highest BCUT2D eigenvalue weighted by molar-refractivity contribution is 7.89. The van der Waals surface area contributed by atoms with Crippen LogP contribution in [0.2, 0.25) is 0 Å². The van der Waals surface area contributed by atoms with Crippen LogP contribution in [0.5, 0.6) is 0 Å². The van der Waals surface area contributed by atoms with E-state index in [0.717, 1.165) is 22.4 Å². The molecule has 144 valence electrons. The van der Waals surface area contributed by atoms with Crippen LogP contribution in [0, 0.1) is 20.8 Å². The van der Waals surface area contributed by atoms with E-state index in [9.17, 15) is 8.42 Å². The van der Waals surface area contributed by atoms with E-state index in [0.29, 0.717) is 36.2 Å². The van der Waals surface area contributed by atoms with Crippen LogP contribution in [-0.4, -0.2) is 48.9 Å². The lowest BCUT2D eigenvalue weighted by atomic mass is 10.2. The molecule has 0 aliphatic carbocycles. The van der Waals surface area contributed by atoms with Gasteiger partial charge in [-0.2, -0.15) is 4.31 Å². The van der Waals surface area contributed by atoms with Crippen molar-refractivity contribution in [3.05, 3.63) is 59.2 Å². The fourth-order valence-electron chi connectivity index (χ4n) is 3.18. The van der Waals surface area contributed by atoms with Crippen LogP contribution in [0.1, 0.15) is 16.7 Å². The molecule has 0 unspecified atom stereocenters. The van der Waals surface area contributed by atoms with Gasteiger partial charge in [0.15, 0.2) is 5.11 Å². The Kier molecular flexibility index (Phi) is 5.83. The lowest BCUT2D eigenvalue weighted by molar-refractivity contribution is 0.268. The van der Waals surface area contributed by atoms with Crippen molar-refractivity contribution in [2.45, 2.75) is 25.7 Å². The van der Waals surface area contributed by atoms with Crippen molar-refractivity contribution in [3.63, 3.8) is 0 Å². The molecule has 27 heavy (non-hydrogen) atoms. The van der Waals surface area contributed by atoms with Crippen LogP contribution < -0.4 is 5.32 Å². The summed E-state index contributed by atoms with van der Waals surface area (Å²) in [5.41, 5.74) is 3.83. The number of anilines is 1. The molecule has 7 heteroatoms. The van der Waals surface area contributed by atoms with Crippen LogP contribution in [0.25, 0.3) is 0 Å². The minimum Gasteiger partial charge on any atom is -0.346 e. The van der Waals surface area contributed by atoms with E-state index in [1.54, 1.807) is 10.4 Å². The predicted octanol–water partition coefficient (Wildman–Crippen LogP) is 3.32. The van der Waals surface area contributed by atoms with Crippen molar-refractivity contribution in [2.75, 3.05) is 31.5 Å². The molecule has 1 heterocycles. The van der Waals surface area contributed by atoms with Gasteiger partial charge in [0.1, 0.15) is 0 Å². The van der Waals surface area contributed by atoms with Crippen molar-refractivity contribution in [1.82, 2.24) is 9.21 Å².